The number of aromatic amines is 2. The molecule has 0 unspecified atom stereocenters. The van der Waals surface area contributed by atoms with Gasteiger partial charge < -0.3 is 9.72 Å². The van der Waals surface area contributed by atoms with E-state index in [4.69, 9.17) is 9.72 Å². The summed E-state index contributed by atoms with van der Waals surface area (Å²) in [4.78, 5) is 8.24. The Hall–Kier alpha value is -3.17. The van der Waals surface area contributed by atoms with Crippen LogP contribution < -0.4 is 4.74 Å². The molecule has 4 aromatic rings. The Morgan fingerprint density at radius 2 is 1.90 bits per heavy atom. The number of fused-ring (bicyclic) bond motifs is 2. The first-order chi connectivity index (χ1) is 14.9. The van der Waals surface area contributed by atoms with Crippen LogP contribution in [0.4, 0.5) is 0 Å². The zero-order valence-corrected chi connectivity index (χ0v) is 18.4. The molecule has 0 aliphatic carbocycles. The average molecular weight is 438 g/mol. The molecular weight excluding hydrogens is 414 g/mol. The van der Waals surface area contributed by atoms with Gasteiger partial charge in [-0.05, 0) is 55.7 Å². The smallest absolute Gasteiger partial charge is 0.247 e. The van der Waals surface area contributed by atoms with E-state index in [0.717, 1.165) is 28.0 Å². The molecule has 5 rings (SSSR count). The van der Waals surface area contributed by atoms with Crippen molar-refractivity contribution in [3.8, 4) is 17.3 Å². The summed E-state index contributed by atoms with van der Waals surface area (Å²) in [5.41, 5.74) is 6.77. The van der Waals surface area contributed by atoms with Gasteiger partial charge >= 0.3 is 0 Å². The Morgan fingerprint density at radius 3 is 2.71 bits per heavy atom. The van der Waals surface area contributed by atoms with Crippen molar-refractivity contribution in [3.05, 3.63) is 58.8 Å². The van der Waals surface area contributed by atoms with E-state index < -0.39 is 10.0 Å². The zero-order chi connectivity index (χ0) is 21.8. The maximum Gasteiger partial charge on any atom is 0.247 e. The number of nitrogens with one attached hydrogen (secondary N) is 2. The van der Waals surface area contributed by atoms with E-state index in [0.29, 0.717) is 24.5 Å². The molecule has 0 saturated carbocycles. The first-order valence-electron chi connectivity index (χ1n) is 10.0. The Kier molecular flexibility index (Phi) is 4.60. The van der Waals surface area contributed by atoms with Gasteiger partial charge in [0.15, 0.2) is 5.82 Å². The number of benzene rings is 2. The Labute approximate surface area is 180 Å². The third-order valence-electron chi connectivity index (χ3n) is 5.91. The van der Waals surface area contributed by atoms with Crippen LogP contribution in [0.15, 0.2) is 41.3 Å². The standard InChI is InChI=1S/C22H23N5O3S/c1-13-10-16-17(11-14(13)2)24-22(23-16)21-15-8-9-27(12-18(15)25-26-21)31(28,29)20-7-5-4-6-19(20)30-3/h4-7,10-11H,8-9,12H2,1-3H3,(H,23,24)(H,25,26). The van der Waals surface area contributed by atoms with Gasteiger partial charge in [0.1, 0.15) is 16.3 Å². The summed E-state index contributed by atoms with van der Waals surface area (Å²) in [6.45, 7) is 4.72. The zero-order valence-electron chi connectivity index (χ0n) is 17.6. The van der Waals surface area contributed by atoms with Gasteiger partial charge in [-0.2, -0.15) is 9.40 Å². The van der Waals surface area contributed by atoms with Crippen molar-refractivity contribution >= 4 is 21.1 Å². The molecule has 31 heavy (non-hydrogen) atoms. The van der Waals surface area contributed by atoms with E-state index in [1.807, 2.05) is 0 Å². The van der Waals surface area contributed by atoms with Crippen LogP contribution in [0.5, 0.6) is 5.75 Å². The van der Waals surface area contributed by atoms with E-state index in [1.54, 1.807) is 24.3 Å². The minimum atomic E-state index is -3.70. The van der Waals surface area contributed by atoms with Crippen molar-refractivity contribution < 1.29 is 13.2 Å². The van der Waals surface area contributed by atoms with Gasteiger partial charge in [0, 0.05) is 12.1 Å². The van der Waals surface area contributed by atoms with E-state index in [-0.39, 0.29) is 11.4 Å². The molecule has 8 nitrogen and oxygen atoms in total. The predicted octanol–water partition coefficient (Wildman–Crippen LogP) is 3.33. The minimum Gasteiger partial charge on any atom is -0.495 e. The summed E-state index contributed by atoms with van der Waals surface area (Å²) in [5, 5.41) is 7.49. The number of methoxy groups -OCH3 is 1. The van der Waals surface area contributed by atoms with Crippen molar-refractivity contribution in [2.75, 3.05) is 13.7 Å². The number of nitrogens with zero attached hydrogens (tertiary/aromatic N) is 3. The van der Waals surface area contributed by atoms with Crippen LogP contribution in [0.25, 0.3) is 22.6 Å². The normalized spacial score (nSPS) is 14.7. The average Bonchev–Trinajstić information content (AvgIpc) is 3.37. The molecule has 1 aliphatic heterocycles. The highest BCUT2D eigenvalue weighted by atomic mass is 32.2. The fourth-order valence-electron chi connectivity index (χ4n) is 4.05. The van der Waals surface area contributed by atoms with E-state index in [1.165, 1.54) is 22.5 Å². The highest BCUT2D eigenvalue weighted by molar-refractivity contribution is 7.89. The third kappa shape index (κ3) is 3.21. The van der Waals surface area contributed by atoms with Gasteiger partial charge in [-0.1, -0.05) is 12.1 Å². The van der Waals surface area contributed by atoms with Crippen molar-refractivity contribution in [1.29, 1.82) is 0 Å². The van der Waals surface area contributed by atoms with Crippen LogP contribution in [0, 0.1) is 13.8 Å². The van der Waals surface area contributed by atoms with Crippen LogP contribution in [0.3, 0.4) is 0 Å². The van der Waals surface area contributed by atoms with Crippen LogP contribution in [0.1, 0.15) is 22.4 Å². The van der Waals surface area contributed by atoms with Crippen LogP contribution >= 0.6 is 0 Å². The summed E-state index contributed by atoms with van der Waals surface area (Å²) >= 11 is 0. The second-order valence-electron chi connectivity index (χ2n) is 7.81. The molecule has 3 heterocycles. The molecule has 2 aromatic heterocycles. The number of hydrogen-bond donors (Lipinski definition) is 2. The highest BCUT2D eigenvalue weighted by Gasteiger charge is 2.33. The van der Waals surface area contributed by atoms with Crippen LogP contribution in [-0.2, 0) is 23.0 Å². The van der Waals surface area contributed by atoms with Gasteiger partial charge in [0.05, 0.1) is 30.4 Å². The largest absolute Gasteiger partial charge is 0.495 e. The number of aryl methyl sites for hydroxylation is 2. The van der Waals surface area contributed by atoms with Crippen LogP contribution in [0.2, 0.25) is 0 Å². The number of aromatic nitrogens is 4. The number of sulfonamides is 1. The van der Waals surface area contributed by atoms with E-state index >= 15 is 0 Å². The summed E-state index contributed by atoms with van der Waals surface area (Å²) in [5.74, 6) is 1.03. The van der Waals surface area contributed by atoms with Gasteiger partial charge in [-0.3, -0.25) is 5.10 Å². The summed E-state index contributed by atoms with van der Waals surface area (Å²) < 4.78 is 33.2. The van der Waals surface area contributed by atoms with Gasteiger partial charge in [0.2, 0.25) is 10.0 Å². The van der Waals surface area contributed by atoms with Crippen molar-refractivity contribution in [2.24, 2.45) is 0 Å². The summed E-state index contributed by atoms with van der Waals surface area (Å²) in [7, 11) is -2.22. The molecule has 2 aromatic carbocycles. The second kappa shape index (κ2) is 7.21. The fraction of sp³-hybridized carbons (Fsp3) is 0.273. The Balaban J connectivity index is 1.48. The van der Waals surface area contributed by atoms with Crippen molar-refractivity contribution in [2.45, 2.75) is 31.7 Å². The molecule has 0 saturated heterocycles. The predicted molar refractivity (Wildman–Crippen MR) is 117 cm³/mol. The molecule has 0 atom stereocenters. The SMILES string of the molecule is COc1ccccc1S(=O)(=O)N1CCc2c(-c3nc4cc(C)c(C)cc4[nH]3)n[nH]c2C1. The molecular formula is C22H23N5O3S. The molecule has 0 radical (unpaired) electrons. The number of imidazole rings is 1. The third-order valence-corrected chi connectivity index (χ3v) is 7.79. The summed E-state index contributed by atoms with van der Waals surface area (Å²) in [6, 6.07) is 10.8. The number of rotatable bonds is 4. The first-order valence-corrected chi connectivity index (χ1v) is 11.5. The van der Waals surface area contributed by atoms with Crippen molar-refractivity contribution in [1.82, 2.24) is 24.5 Å². The lowest BCUT2D eigenvalue weighted by Crippen LogP contribution is -2.36. The monoisotopic (exact) mass is 437 g/mol. The lowest BCUT2D eigenvalue weighted by atomic mass is 10.1. The first kappa shape index (κ1) is 19.8. The molecule has 160 valence electrons. The maximum absolute atomic E-state index is 13.2. The van der Waals surface area contributed by atoms with Crippen LogP contribution in [-0.4, -0.2) is 46.5 Å². The number of H-pyrrole nitrogens is 2. The maximum atomic E-state index is 13.2. The Bertz CT molecular complexity index is 1370. The Morgan fingerprint density at radius 1 is 1.13 bits per heavy atom. The molecule has 0 spiro atoms. The van der Waals surface area contributed by atoms with E-state index in [9.17, 15) is 8.42 Å². The molecule has 0 fully saturated rings. The number of hydrogen-bond acceptors (Lipinski definition) is 5. The minimum absolute atomic E-state index is 0.170. The molecule has 2 N–H and O–H groups in total. The van der Waals surface area contributed by atoms with Crippen molar-refractivity contribution in [3.63, 3.8) is 0 Å². The lowest BCUT2D eigenvalue weighted by Gasteiger charge is -2.26. The number of ether oxygens (including phenoxy) is 1. The van der Waals surface area contributed by atoms with E-state index in [2.05, 4.69) is 41.2 Å². The molecule has 1 aliphatic rings. The molecule has 0 amide bonds. The highest BCUT2D eigenvalue weighted by Crippen LogP contribution is 2.33. The lowest BCUT2D eigenvalue weighted by molar-refractivity contribution is 0.375. The quantitative estimate of drug-likeness (QED) is 0.510. The van der Waals surface area contributed by atoms with Gasteiger partial charge in [-0.15, -0.1) is 0 Å². The second-order valence-corrected chi connectivity index (χ2v) is 9.71. The fourth-order valence-corrected chi connectivity index (χ4v) is 5.61. The molecule has 9 heteroatoms. The summed E-state index contributed by atoms with van der Waals surface area (Å²) in [6.07, 6.45) is 0.546. The number of para-hydroxylation sites is 1. The van der Waals surface area contributed by atoms with Gasteiger partial charge in [0.25, 0.3) is 0 Å². The van der Waals surface area contributed by atoms with Gasteiger partial charge in [-0.25, -0.2) is 13.4 Å². The molecule has 0 bridgehead atoms. The topological polar surface area (TPSA) is 104 Å².